The molecular formula is C14H15FN2OS. The van der Waals surface area contributed by atoms with Gasteiger partial charge in [-0.2, -0.15) is 0 Å². The van der Waals surface area contributed by atoms with Crippen molar-refractivity contribution in [1.29, 1.82) is 0 Å². The van der Waals surface area contributed by atoms with Gasteiger partial charge in [0.05, 0.1) is 10.6 Å². The predicted molar refractivity (Wildman–Crippen MR) is 75.4 cm³/mol. The third kappa shape index (κ3) is 3.17. The third-order valence-corrected chi connectivity index (χ3v) is 3.84. The van der Waals surface area contributed by atoms with Crippen LogP contribution in [0.5, 0.6) is 0 Å². The Balaban J connectivity index is 2.12. The van der Waals surface area contributed by atoms with Gasteiger partial charge in [0, 0.05) is 29.7 Å². The molecule has 1 atom stereocenters. The summed E-state index contributed by atoms with van der Waals surface area (Å²) < 4.78 is 13.6. The molecule has 0 aliphatic carbocycles. The van der Waals surface area contributed by atoms with Crippen LogP contribution in [-0.2, 0) is 0 Å². The van der Waals surface area contributed by atoms with Crippen LogP contribution < -0.4 is 5.32 Å². The molecule has 1 N–H and O–H groups in total. The molecule has 0 unspecified atom stereocenters. The van der Waals surface area contributed by atoms with E-state index in [1.54, 1.807) is 29.7 Å². The summed E-state index contributed by atoms with van der Waals surface area (Å²) in [5.74, 6) is -0.551. The van der Waals surface area contributed by atoms with Crippen LogP contribution in [0, 0.1) is 5.82 Å². The van der Waals surface area contributed by atoms with Crippen LogP contribution in [0.1, 0.15) is 35.1 Å². The smallest absolute Gasteiger partial charge is 0.164 e. The number of hydrogen-bond donors (Lipinski definition) is 1. The van der Waals surface area contributed by atoms with Crippen molar-refractivity contribution in [2.45, 2.75) is 19.8 Å². The second-order valence-corrected chi connectivity index (χ2v) is 5.30. The third-order valence-electron chi connectivity index (χ3n) is 2.84. The number of nitrogens with zero attached hydrogens (tertiary/aromatic N) is 1. The molecule has 0 saturated heterocycles. The van der Waals surface area contributed by atoms with Gasteiger partial charge < -0.3 is 5.32 Å². The van der Waals surface area contributed by atoms with E-state index in [9.17, 15) is 9.18 Å². The molecule has 0 aliphatic rings. The van der Waals surface area contributed by atoms with Gasteiger partial charge in [0.25, 0.3) is 0 Å². The molecule has 100 valence electrons. The maximum atomic E-state index is 13.6. The summed E-state index contributed by atoms with van der Waals surface area (Å²) in [6.07, 6.45) is 1.76. The number of thiazole rings is 1. The molecule has 1 heterocycles. The summed E-state index contributed by atoms with van der Waals surface area (Å²) in [4.78, 5) is 15.7. The van der Waals surface area contributed by atoms with Crippen LogP contribution in [-0.4, -0.2) is 17.3 Å². The summed E-state index contributed by atoms with van der Waals surface area (Å²) in [7, 11) is 0. The number of ketones is 1. The Morgan fingerprint density at radius 3 is 2.95 bits per heavy atom. The number of Topliss-reactive ketones (excluding diaryl/α,β-unsaturated/α-hetero) is 1. The number of anilines is 1. The van der Waals surface area contributed by atoms with Crippen LogP contribution in [0.4, 0.5) is 10.1 Å². The van der Waals surface area contributed by atoms with Gasteiger partial charge in [0.2, 0.25) is 0 Å². The molecule has 0 fully saturated rings. The summed E-state index contributed by atoms with van der Waals surface area (Å²) in [5.41, 5.74) is 0.657. The van der Waals surface area contributed by atoms with E-state index in [1.807, 2.05) is 12.3 Å². The Labute approximate surface area is 115 Å². The van der Waals surface area contributed by atoms with Gasteiger partial charge in [-0.05, 0) is 19.1 Å². The van der Waals surface area contributed by atoms with E-state index in [0.717, 1.165) is 5.01 Å². The van der Waals surface area contributed by atoms with E-state index in [4.69, 9.17) is 0 Å². The molecule has 5 heteroatoms. The van der Waals surface area contributed by atoms with Gasteiger partial charge in [-0.1, -0.05) is 13.0 Å². The van der Waals surface area contributed by atoms with E-state index < -0.39 is 5.82 Å². The Bertz CT molecular complexity index is 569. The lowest BCUT2D eigenvalue weighted by Gasteiger charge is -2.14. The van der Waals surface area contributed by atoms with Crippen molar-refractivity contribution in [2.75, 3.05) is 11.9 Å². The highest BCUT2D eigenvalue weighted by molar-refractivity contribution is 7.09. The first-order chi connectivity index (χ1) is 9.09. The first kappa shape index (κ1) is 13.7. The lowest BCUT2D eigenvalue weighted by atomic mass is 10.1. The Morgan fingerprint density at radius 1 is 1.53 bits per heavy atom. The summed E-state index contributed by atoms with van der Waals surface area (Å²) in [5, 5.41) is 6.08. The zero-order valence-electron chi connectivity index (χ0n) is 10.8. The maximum Gasteiger partial charge on any atom is 0.164 e. The highest BCUT2D eigenvalue weighted by Crippen LogP contribution is 2.22. The van der Waals surface area contributed by atoms with Crippen molar-refractivity contribution < 1.29 is 9.18 Å². The number of nitrogens with one attached hydrogen (secondary N) is 1. The Hall–Kier alpha value is -1.75. The van der Waals surface area contributed by atoms with Crippen LogP contribution in [0.3, 0.4) is 0 Å². The molecule has 19 heavy (non-hydrogen) atoms. The van der Waals surface area contributed by atoms with E-state index in [1.165, 1.54) is 13.0 Å². The predicted octanol–water partition coefficient (Wildman–Crippen LogP) is 3.70. The van der Waals surface area contributed by atoms with Crippen molar-refractivity contribution in [3.05, 3.63) is 46.2 Å². The second kappa shape index (κ2) is 5.93. The average molecular weight is 278 g/mol. The second-order valence-electron chi connectivity index (χ2n) is 4.37. The first-order valence-electron chi connectivity index (χ1n) is 6.02. The summed E-state index contributed by atoms with van der Waals surface area (Å²) in [6.45, 7) is 4.02. The van der Waals surface area contributed by atoms with Crippen LogP contribution in [0.15, 0.2) is 29.8 Å². The number of carbonyl (C=O) groups excluding carboxylic acids is 1. The maximum absolute atomic E-state index is 13.6. The van der Waals surface area contributed by atoms with Gasteiger partial charge in [-0.25, -0.2) is 9.37 Å². The molecule has 3 nitrogen and oxygen atoms in total. The van der Waals surface area contributed by atoms with Crippen molar-refractivity contribution in [2.24, 2.45) is 0 Å². The highest BCUT2D eigenvalue weighted by Gasteiger charge is 2.14. The van der Waals surface area contributed by atoms with Crippen LogP contribution >= 0.6 is 11.3 Å². The Kier molecular flexibility index (Phi) is 4.27. The highest BCUT2D eigenvalue weighted by atomic mass is 32.1. The van der Waals surface area contributed by atoms with Crippen molar-refractivity contribution >= 4 is 22.8 Å². The SMILES string of the molecule is CC(=O)c1c(F)cccc1NC[C@H](C)c1nccs1. The summed E-state index contributed by atoms with van der Waals surface area (Å²) >= 11 is 1.59. The Morgan fingerprint density at radius 2 is 2.32 bits per heavy atom. The zero-order chi connectivity index (χ0) is 13.8. The molecule has 1 aromatic heterocycles. The number of hydrogen-bond acceptors (Lipinski definition) is 4. The molecule has 2 rings (SSSR count). The topological polar surface area (TPSA) is 42.0 Å². The number of rotatable bonds is 5. The number of carbonyl (C=O) groups is 1. The van der Waals surface area contributed by atoms with E-state index >= 15 is 0 Å². The average Bonchev–Trinajstić information content (AvgIpc) is 2.89. The molecule has 0 radical (unpaired) electrons. The molecule has 0 bridgehead atoms. The molecule has 0 amide bonds. The molecular weight excluding hydrogens is 263 g/mol. The number of aromatic nitrogens is 1. The van der Waals surface area contributed by atoms with Crippen molar-refractivity contribution in [3.8, 4) is 0 Å². The van der Waals surface area contributed by atoms with E-state index in [0.29, 0.717) is 12.2 Å². The van der Waals surface area contributed by atoms with E-state index in [-0.39, 0.29) is 17.3 Å². The van der Waals surface area contributed by atoms with Gasteiger partial charge in [-0.3, -0.25) is 4.79 Å². The quantitative estimate of drug-likeness (QED) is 0.848. The fourth-order valence-electron chi connectivity index (χ4n) is 1.86. The lowest BCUT2D eigenvalue weighted by Crippen LogP contribution is -2.13. The number of benzene rings is 1. The fourth-order valence-corrected chi connectivity index (χ4v) is 2.56. The monoisotopic (exact) mass is 278 g/mol. The van der Waals surface area contributed by atoms with Crippen molar-refractivity contribution in [1.82, 2.24) is 4.98 Å². The first-order valence-corrected chi connectivity index (χ1v) is 6.90. The van der Waals surface area contributed by atoms with Crippen LogP contribution in [0.25, 0.3) is 0 Å². The van der Waals surface area contributed by atoms with Crippen LogP contribution in [0.2, 0.25) is 0 Å². The lowest BCUT2D eigenvalue weighted by molar-refractivity contribution is 0.101. The minimum absolute atomic E-state index is 0.119. The minimum Gasteiger partial charge on any atom is -0.384 e. The molecule has 0 spiro atoms. The molecule has 1 aromatic carbocycles. The normalized spacial score (nSPS) is 12.2. The number of halogens is 1. The summed E-state index contributed by atoms with van der Waals surface area (Å²) in [6, 6.07) is 4.61. The van der Waals surface area contributed by atoms with Crippen molar-refractivity contribution in [3.63, 3.8) is 0 Å². The van der Waals surface area contributed by atoms with Gasteiger partial charge in [-0.15, -0.1) is 11.3 Å². The molecule has 2 aromatic rings. The largest absolute Gasteiger partial charge is 0.384 e. The zero-order valence-corrected chi connectivity index (χ0v) is 11.6. The fraction of sp³-hybridized carbons (Fsp3) is 0.286. The van der Waals surface area contributed by atoms with Gasteiger partial charge in [0.1, 0.15) is 5.82 Å². The van der Waals surface area contributed by atoms with Gasteiger partial charge >= 0.3 is 0 Å². The van der Waals surface area contributed by atoms with Gasteiger partial charge in [0.15, 0.2) is 5.78 Å². The van der Waals surface area contributed by atoms with E-state index in [2.05, 4.69) is 10.3 Å². The standard InChI is InChI=1S/C14H15FN2OS/c1-9(14-16-6-7-19-14)8-17-12-5-3-4-11(15)13(12)10(2)18/h3-7,9,17H,8H2,1-2H3/t9-/m0/s1. The minimum atomic E-state index is -0.487. The molecule has 0 aliphatic heterocycles. The molecule has 0 saturated carbocycles.